The fourth-order valence-electron chi connectivity index (χ4n) is 1.40. The molecule has 0 unspecified atom stereocenters. The average molecular weight is 223 g/mol. The standard InChI is InChI=1S/C13H21NO2/c1-4-9-14(10-5-2)11-7-6-8-12(3)13(15)16/h4-5H,1-3,6-11H2,(H,15,16). The highest BCUT2D eigenvalue weighted by Gasteiger charge is 2.04. The molecule has 0 atom stereocenters. The summed E-state index contributed by atoms with van der Waals surface area (Å²) < 4.78 is 0. The maximum Gasteiger partial charge on any atom is 0.330 e. The maximum absolute atomic E-state index is 10.5. The molecule has 90 valence electrons. The normalized spacial score (nSPS) is 10.1. The van der Waals surface area contributed by atoms with Crippen LogP contribution in [0.15, 0.2) is 37.5 Å². The third kappa shape index (κ3) is 7.01. The Morgan fingerprint density at radius 2 is 1.75 bits per heavy atom. The van der Waals surface area contributed by atoms with E-state index in [9.17, 15) is 4.79 Å². The molecular weight excluding hydrogens is 202 g/mol. The van der Waals surface area contributed by atoms with Crippen molar-refractivity contribution in [1.82, 2.24) is 4.90 Å². The van der Waals surface area contributed by atoms with Gasteiger partial charge in [-0.2, -0.15) is 0 Å². The number of carbonyl (C=O) groups is 1. The molecule has 0 fully saturated rings. The second-order valence-electron chi connectivity index (χ2n) is 3.70. The molecule has 0 aliphatic rings. The van der Waals surface area contributed by atoms with Crippen LogP contribution in [0.1, 0.15) is 19.3 Å². The summed E-state index contributed by atoms with van der Waals surface area (Å²) in [5.41, 5.74) is 0.291. The number of unbranched alkanes of at least 4 members (excludes halogenated alkanes) is 1. The van der Waals surface area contributed by atoms with E-state index in [1.54, 1.807) is 0 Å². The van der Waals surface area contributed by atoms with E-state index in [-0.39, 0.29) is 0 Å². The molecule has 0 rings (SSSR count). The Hall–Kier alpha value is -1.35. The highest BCUT2D eigenvalue weighted by Crippen LogP contribution is 2.06. The lowest BCUT2D eigenvalue weighted by atomic mass is 10.1. The van der Waals surface area contributed by atoms with E-state index in [2.05, 4.69) is 24.6 Å². The second-order valence-corrected chi connectivity index (χ2v) is 3.70. The first-order valence-corrected chi connectivity index (χ1v) is 5.47. The van der Waals surface area contributed by atoms with Crippen molar-refractivity contribution in [3.63, 3.8) is 0 Å². The minimum atomic E-state index is -0.894. The van der Waals surface area contributed by atoms with Crippen molar-refractivity contribution in [1.29, 1.82) is 0 Å². The molecule has 0 heterocycles. The van der Waals surface area contributed by atoms with E-state index in [1.807, 2.05) is 12.2 Å². The highest BCUT2D eigenvalue weighted by molar-refractivity contribution is 5.85. The van der Waals surface area contributed by atoms with Gasteiger partial charge in [0, 0.05) is 18.7 Å². The fraction of sp³-hybridized carbons (Fsp3) is 0.462. The molecule has 0 saturated carbocycles. The molecule has 3 heteroatoms. The zero-order valence-electron chi connectivity index (χ0n) is 9.82. The minimum absolute atomic E-state index is 0.291. The Bertz CT molecular complexity index is 249. The highest BCUT2D eigenvalue weighted by atomic mass is 16.4. The maximum atomic E-state index is 10.5. The van der Waals surface area contributed by atoms with Gasteiger partial charge in [0.1, 0.15) is 0 Å². The topological polar surface area (TPSA) is 40.5 Å². The van der Waals surface area contributed by atoms with Crippen molar-refractivity contribution in [3.8, 4) is 0 Å². The summed E-state index contributed by atoms with van der Waals surface area (Å²) in [7, 11) is 0. The summed E-state index contributed by atoms with van der Waals surface area (Å²) in [4.78, 5) is 12.7. The fourth-order valence-corrected chi connectivity index (χ4v) is 1.40. The van der Waals surface area contributed by atoms with E-state index in [0.29, 0.717) is 12.0 Å². The number of carboxylic acids is 1. The van der Waals surface area contributed by atoms with E-state index in [0.717, 1.165) is 32.5 Å². The van der Waals surface area contributed by atoms with Gasteiger partial charge in [-0.25, -0.2) is 4.79 Å². The summed E-state index contributed by atoms with van der Waals surface area (Å²) in [5, 5.41) is 8.62. The molecular formula is C13H21NO2. The Morgan fingerprint density at radius 3 is 2.19 bits per heavy atom. The molecule has 0 aromatic rings. The molecule has 1 N–H and O–H groups in total. The predicted molar refractivity (Wildman–Crippen MR) is 67.5 cm³/mol. The Morgan fingerprint density at radius 1 is 1.19 bits per heavy atom. The van der Waals surface area contributed by atoms with Crippen molar-refractivity contribution in [2.75, 3.05) is 19.6 Å². The van der Waals surface area contributed by atoms with Crippen LogP contribution >= 0.6 is 0 Å². The van der Waals surface area contributed by atoms with Gasteiger partial charge in [-0.05, 0) is 25.8 Å². The van der Waals surface area contributed by atoms with Gasteiger partial charge in [0.2, 0.25) is 0 Å². The van der Waals surface area contributed by atoms with E-state index in [4.69, 9.17) is 5.11 Å². The molecule has 0 aliphatic carbocycles. The summed E-state index contributed by atoms with van der Waals surface area (Å²) in [6, 6.07) is 0. The van der Waals surface area contributed by atoms with Crippen molar-refractivity contribution < 1.29 is 9.90 Å². The van der Waals surface area contributed by atoms with Crippen LogP contribution in [0.2, 0.25) is 0 Å². The number of aliphatic carboxylic acids is 1. The lowest BCUT2D eigenvalue weighted by Gasteiger charge is -2.18. The molecule has 3 nitrogen and oxygen atoms in total. The molecule has 0 spiro atoms. The lowest BCUT2D eigenvalue weighted by Crippen LogP contribution is -2.25. The van der Waals surface area contributed by atoms with Crippen LogP contribution in [0, 0.1) is 0 Å². The van der Waals surface area contributed by atoms with Crippen LogP contribution in [0.5, 0.6) is 0 Å². The number of nitrogens with zero attached hydrogens (tertiary/aromatic N) is 1. The van der Waals surface area contributed by atoms with Crippen molar-refractivity contribution >= 4 is 5.97 Å². The number of carboxylic acid groups (broad SMARTS) is 1. The molecule has 0 saturated heterocycles. The van der Waals surface area contributed by atoms with Gasteiger partial charge < -0.3 is 5.11 Å². The van der Waals surface area contributed by atoms with Gasteiger partial charge in [-0.3, -0.25) is 4.90 Å². The van der Waals surface area contributed by atoms with Gasteiger partial charge >= 0.3 is 5.97 Å². The van der Waals surface area contributed by atoms with Crippen LogP contribution in [0.3, 0.4) is 0 Å². The van der Waals surface area contributed by atoms with Crippen LogP contribution in [-0.2, 0) is 4.79 Å². The lowest BCUT2D eigenvalue weighted by molar-refractivity contribution is -0.132. The third-order valence-corrected chi connectivity index (χ3v) is 2.28. The molecule has 0 aromatic heterocycles. The van der Waals surface area contributed by atoms with Gasteiger partial charge in [-0.15, -0.1) is 13.2 Å². The van der Waals surface area contributed by atoms with Gasteiger partial charge in [0.15, 0.2) is 0 Å². The number of rotatable bonds is 10. The van der Waals surface area contributed by atoms with Gasteiger partial charge in [0.25, 0.3) is 0 Å². The largest absolute Gasteiger partial charge is 0.478 e. The summed E-state index contributed by atoms with van der Waals surface area (Å²) >= 11 is 0. The van der Waals surface area contributed by atoms with Crippen molar-refractivity contribution in [3.05, 3.63) is 37.5 Å². The predicted octanol–water partition coefficient (Wildman–Crippen LogP) is 2.47. The number of hydrogen-bond acceptors (Lipinski definition) is 2. The SMILES string of the molecule is C=CCN(CC=C)CCCCC(=C)C(=O)O. The first kappa shape index (κ1) is 14.6. The smallest absolute Gasteiger partial charge is 0.330 e. The van der Waals surface area contributed by atoms with Crippen molar-refractivity contribution in [2.45, 2.75) is 19.3 Å². The quantitative estimate of drug-likeness (QED) is 0.351. The van der Waals surface area contributed by atoms with E-state index in [1.165, 1.54) is 0 Å². The number of hydrogen-bond donors (Lipinski definition) is 1. The van der Waals surface area contributed by atoms with Crippen LogP contribution in [-0.4, -0.2) is 35.6 Å². The van der Waals surface area contributed by atoms with Gasteiger partial charge in [-0.1, -0.05) is 18.7 Å². The van der Waals surface area contributed by atoms with Crippen LogP contribution in [0.25, 0.3) is 0 Å². The summed E-state index contributed by atoms with van der Waals surface area (Å²) in [6.07, 6.45) is 6.11. The third-order valence-electron chi connectivity index (χ3n) is 2.28. The minimum Gasteiger partial charge on any atom is -0.478 e. The van der Waals surface area contributed by atoms with Gasteiger partial charge in [0.05, 0.1) is 0 Å². The monoisotopic (exact) mass is 223 g/mol. The van der Waals surface area contributed by atoms with Crippen LogP contribution < -0.4 is 0 Å². The Balaban J connectivity index is 3.68. The van der Waals surface area contributed by atoms with E-state index < -0.39 is 5.97 Å². The first-order valence-electron chi connectivity index (χ1n) is 5.47. The summed E-state index contributed by atoms with van der Waals surface area (Å²) in [6.45, 7) is 13.5. The van der Waals surface area contributed by atoms with Crippen LogP contribution in [0.4, 0.5) is 0 Å². The average Bonchev–Trinajstić information content (AvgIpc) is 2.24. The summed E-state index contributed by atoms with van der Waals surface area (Å²) in [5.74, 6) is -0.894. The molecule has 16 heavy (non-hydrogen) atoms. The molecule has 0 bridgehead atoms. The first-order chi connectivity index (χ1) is 7.61. The Labute approximate surface area is 97.8 Å². The molecule has 0 amide bonds. The zero-order valence-corrected chi connectivity index (χ0v) is 9.82. The molecule has 0 aliphatic heterocycles. The molecule has 0 radical (unpaired) electrons. The second kappa shape index (κ2) is 8.92. The van der Waals surface area contributed by atoms with E-state index >= 15 is 0 Å². The zero-order chi connectivity index (χ0) is 12.4. The Kier molecular flexibility index (Phi) is 8.17. The molecule has 0 aromatic carbocycles. The van der Waals surface area contributed by atoms with Crippen molar-refractivity contribution in [2.24, 2.45) is 0 Å².